The van der Waals surface area contributed by atoms with Crippen molar-refractivity contribution in [3.63, 3.8) is 0 Å². The van der Waals surface area contributed by atoms with E-state index in [0.29, 0.717) is 27.6 Å². The van der Waals surface area contributed by atoms with Crippen molar-refractivity contribution in [1.82, 2.24) is 4.98 Å². The van der Waals surface area contributed by atoms with Gasteiger partial charge in [-0.15, -0.1) is 11.3 Å². The first kappa shape index (κ1) is 19.7. The molecule has 0 saturated carbocycles. The Bertz CT molecular complexity index is 1180. The molecular weight excluding hydrogens is 404 g/mol. The average molecular weight is 422 g/mol. The summed E-state index contributed by atoms with van der Waals surface area (Å²) in [5.74, 6) is 0.102. The van der Waals surface area contributed by atoms with Gasteiger partial charge in [0.15, 0.2) is 6.61 Å². The zero-order valence-corrected chi connectivity index (χ0v) is 16.9. The van der Waals surface area contributed by atoms with Crippen LogP contribution in [0.15, 0.2) is 64.7 Å². The van der Waals surface area contributed by atoms with Crippen molar-refractivity contribution in [3.8, 4) is 17.1 Å². The molecule has 4 rings (SSSR count). The summed E-state index contributed by atoms with van der Waals surface area (Å²) in [6, 6.07) is 12.7. The van der Waals surface area contributed by atoms with Gasteiger partial charge in [0.05, 0.1) is 12.9 Å². The summed E-state index contributed by atoms with van der Waals surface area (Å²) in [6.07, 6.45) is 3.19. The van der Waals surface area contributed by atoms with Gasteiger partial charge in [0.2, 0.25) is 0 Å². The molecule has 3 heterocycles. The molecule has 0 radical (unpaired) electrons. The molecule has 30 heavy (non-hydrogen) atoms. The number of benzene rings is 1. The molecule has 0 aliphatic heterocycles. The molecule has 4 aromatic rings. The largest absolute Gasteiger partial charge is 0.481 e. The number of hydrogen-bond acceptors (Lipinski definition) is 7. The number of thiophene rings is 1. The van der Waals surface area contributed by atoms with E-state index in [4.69, 9.17) is 13.9 Å². The van der Waals surface area contributed by atoms with E-state index < -0.39 is 11.9 Å². The van der Waals surface area contributed by atoms with Crippen LogP contribution in [0.3, 0.4) is 0 Å². The summed E-state index contributed by atoms with van der Waals surface area (Å²) in [5.41, 5.74) is 1.51. The predicted octanol–water partition coefficient (Wildman–Crippen LogP) is 4.75. The normalized spacial score (nSPS) is 10.7. The fourth-order valence-electron chi connectivity index (χ4n) is 2.97. The van der Waals surface area contributed by atoms with Crippen molar-refractivity contribution in [2.45, 2.75) is 6.92 Å². The Kier molecular flexibility index (Phi) is 5.76. The zero-order chi connectivity index (χ0) is 20.9. The Balaban J connectivity index is 1.52. The maximum Gasteiger partial charge on any atom is 0.341 e. The molecule has 0 unspecified atom stereocenters. The number of para-hydroxylation sites is 1. The summed E-state index contributed by atoms with van der Waals surface area (Å²) in [5, 5.41) is 5.79. The van der Waals surface area contributed by atoms with Gasteiger partial charge < -0.3 is 19.2 Å². The van der Waals surface area contributed by atoms with Gasteiger partial charge in [0, 0.05) is 22.5 Å². The Morgan fingerprint density at radius 3 is 2.83 bits per heavy atom. The SMILES string of the molecule is CCOC(=O)c1c(-c2ccco2)csc1NC(=O)COc1cccc2cccnc12. The van der Waals surface area contributed by atoms with Crippen molar-refractivity contribution in [3.05, 3.63) is 65.9 Å². The number of hydrogen-bond donors (Lipinski definition) is 1. The Hall–Kier alpha value is -3.65. The summed E-state index contributed by atoms with van der Waals surface area (Å²) in [4.78, 5) is 29.3. The second-order valence-corrected chi connectivity index (χ2v) is 7.10. The minimum atomic E-state index is -0.528. The summed E-state index contributed by atoms with van der Waals surface area (Å²) in [6.45, 7) is 1.71. The second-order valence-electron chi connectivity index (χ2n) is 6.22. The smallest absolute Gasteiger partial charge is 0.341 e. The number of fused-ring (bicyclic) bond motifs is 1. The van der Waals surface area contributed by atoms with Crippen LogP contribution in [-0.4, -0.2) is 30.1 Å². The molecule has 3 aromatic heterocycles. The molecule has 0 aliphatic rings. The zero-order valence-electron chi connectivity index (χ0n) is 16.1. The monoisotopic (exact) mass is 422 g/mol. The highest BCUT2D eigenvalue weighted by molar-refractivity contribution is 7.15. The quantitative estimate of drug-likeness (QED) is 0.432. The van der Waals surface area contributed by atoms with Gasteiger partial charge in [-0.25, -0.2) is 4.79 Å². The number of amides is 1. The van der Waals surface area contributed by atoms with Crippen LogP contribution in [0.25, 0.3) is 22.2 Å². The van der Waals surface area contributed by atoms with Gasteiger partial charge in [0.1, 0.15) is 27.6 Å². The van der Waals surface area contributed by atoms with E-state index in [1.165, 1.54) is 17.6 Å². The van der Waals surface area contributed by atoms with Crippen LogP contribution in [0.4, 0.5) is 5.00 Å². The van der Waals surface area contributed by atoms with Gasteiger partial charge in [0.25, 0.3) is 5.91 Å². The van der Waals surface area contributed by atoms with Crippen molar-refractivity contribution in [1.29, 1.82) is 0 Å². The van der Waals surface area contributed by atoms with Crippen LogP contribution in [0.1, 0.15) is 17.3 Å². The highest BCUT2D eigenvalue weighted by atomic mass is 32.1. The first-order chi connectivity index (χ1) is 14.7. The first-order valence-electron chi connectivity index (χ1n) is 9.26. The minimum Gasteiger partial charge on any atom is -0.481 e. The maximum atomic E-state index is 12.5. The summed E-state index contributed by atoms with van der Waals surface area (Å²) in [7, 11) is 0. The molecule has 1 N–H and O–H groups in total. The van der Waals surface area contributed by atoms with Crippen LogP contribution in [0.5, 0.6) is 5.75 Å². The van der Waals surface area contributed by atoms with Crippen molar-refractivity contribution < 1.29 is 23.5 Å². The van der Waals surface area contributed by atoms with E-state index in [1.807, 2.05) is 24.3 Å². The third-order valence-corrected chi connectivity index (χ3v) is 5.16. The Labute approximate surface area is 176 Å². The van der Waals surface area contributed by atoms with E-state index >= 15 is 0 Å². The third kappa shape index (κ3) is 4.04. The lowest BCUT2D eigenvalue weighted by Crippen LogP contribution is -2.21. The van der Waals surface area contributed by atoms with Crippen LogP contribution < -0.4 is 10.1 Å². The van der Waals surface area contributed by atoms with Gasteiger partial charge in [-0.05, 0) is 31.2 Å². The number of aromatic nitrogens is 1. The highest BCUT2D eigenvalue weighted by Crippen LogP contribution is 2.36. The van der Waals surface area contributed by atoms with Gasteiger partial charge in [-0.1, -0.05) is 18.2 Å². The number of anilines is 1. The Morgan fingerprint density at radius 2 is 2.03 bits per heavy atom. The van der Waals surface area contributed by atoms with Crippen molar-refractivity contribution >= 4 is 39.1 Å². The van der Waals surface area contributed by atoms with Crippen LogP contribution in [-0.2, 0) is 9.53 Å². The molecular formula is C22H18N2O5S. The molecule has 1 amide bonds. The van der Waals surface area contributed by atoms with Crippen LogP contribution in [0, 0.1) is 0 Å². The van der Waals surface area contributed by atoms with Crippen LogP contribution in [0.2, 0.25) is 0 Å². The van der Waals surface area contributed by atoms with Crippen molar-refractivity contribution in [2.24, 2.45) is 0 Å². The van der Waals surface area contributed by atoms with E-state index in [-0.39, 0.29) is 18.8 Å². The predicted molar refractivity (Wildman–Crippen MR) is 114 cm³/mol. The summed E-state index contributed by atoms with van der Waals surface area (Å²) >= 11 is 1.22. The Morgan fingerprint density at radius 1 is 1.17 bits per heavy atom. The number of esters is 1. The van der Waals surface area contributed by atoms with Crippen molar-refractivity contribution in [2.75, 3.05) is 18.5 Å². The lowest BCUT2D eigenvalue weighted by molar-refractivity contribution is -0.118. The first-order valence-corrected chi connectivity index (χ1v) is 10.1. The van der Waals surface area contributed by atoms with Gasteiger partial charge in [-0.3, -0.25) is 9.78 Å². The highest BCUT2D eigenvalue weighted by Gasteiger charge is 2.24. The van der Waals surface area contributed by atoms with Gasteiger partial charge in [-0.2, -0.15) is 0 Å². The number of carbonyl (C=O) groups excluding carboxylic acids is 2. The molecule has 0 fully saturated rings. The molecule has 0 atom stereocenters. The van der Waals surface area contributed by atoms with E-state index in [0.717, 1.165) is 5.39 Å². The van der Waals surface area contributed by atoms with E-state index in [1.54, 1.807) is 36.7 Å². The number of rotatable bonds is 7. The molecule has 0 bridgehead atoms. The number of nitrogens with zero attached hydrogens (tertiary/aromatic N) is 1. The van der Waals surface area contributed by atoms with Crippen LogP contribution >= 0.6 is 11.3 Å². The fraction of sp³-hybridized carbons (Fsp3) is 0.136. The second kappa shape index (κ2) is 8.79. The molecule has 8 heteroatoms. The number of ether oxygens (including phenoxy) is 2. The standard InChI is InChI=1S/C22H18N2O5S/c1-2-27-22(26)19-15(16-9-5-11-28-16)13-30-21(19)24-18(25)12-29-17-8-3-6-14-7-4-10-23-20(14)17/h3-11,13H,2,12H2,1H3,(H,24,25). The minimum absolute atomic E-state index is 0.219. The molecule has 152 valence electrons. The number of carbonyl (C=O) groups is 2. The average Bonchev–Trinajstić information content (AvgIpc) is 3.42. The lowest BCUT2D eigenvalue weighted by Gasteiger charge is -2.10. The molecule has 0 aliphatic carbocycles. The third-order valence-electron chi connectivity index (χ3n) is 4.26. The molecule has 7 nitrogen and oxygen atoms in total. The van der Waals surface area contributed by atoms with E-state index in [9.17, 15) is 9.59 Å². The molecule has 1 aromatic carbocycles. The molecule has 0 saturated heterocycles. The van der Waals surface area contributed by atoms with E-state index in [2.05, 4.69) is 10.3 Å². The summed E-state index contributed by atoms with van der Waals surface area (Å²) < 4.78 is 16.2. The number of furan rings is 1. The fourth-order valence-corrected chi connectivity index (χ4v) is 3.92. The topological polar surface area (TPSA) is 90.7 Å². The lowest BCUT2D eigenvalue weighted by atomic mass is 10.1. The molecule has 0 spiro atoms. The maximum absolute atomic E-state index is 12.5. The number of pyridine rings is 1. The van der Waals surface area contributed by atoms with Gasteiger partial charge >= 0.3 is 5.97 Å². The number of nitrogens with one attached hydrogen (secondary N) is 1.